The molecule has 1 aliphatic heterocycles. The van der Waals surface area contributed by atoms with Crippen LogP contribution in [0.3, 0.4) is 0 Å². The average molecular weight is 297 g/mol. The minimum absolute atomic E-state index is 0.00481. The maximum absolute atomic E-state index is 11.6. The van der Waals surface area contributed by atoms with Crippen LogP contribution < -0.4 is 10.1 Å². The molecule has 1 atom stereocenters. The zero-order chi connectivity index (χ0) is 15.5. The molecule has 0 aliphatic carbocycles. The fourth-order valence-corrected chi connectivity index (χ4v) is 2.46. The van der Waals surface area contributed by atoms with Gasteiger partial charge in [-0.2, -0.15) is 0 Å². The normalized spacial score (nSPS) is 16.2. The Labute approximate surface area is 129 Å². The van der Waals surface area contributed by atoms with Crippen molar-refractivity contribution in [2.75, 3.05) is 6.54 Å². The molecule has 5 nitrogen and oxygen atoms in total. The summed E-state index contributed by atoms with van der Waals surface area (Å²) < 4.78 is 5.88. The van der Waals surface area contributed by atoms with Crippen molar-refractivity contribution in [2.45, 2.75) is 26.4 Å². The maximum atomic E-state index is 11.6. The lowest BCUT2D eigenvalue weighted by Crippen LogP contribution is -2.36. The maximum Gasteiger partial charge on any atom is 0.222 e. The van der Waals surface area contributed by atoms with E-state index in [0.717, 1.165) is 29.0 Å². The highest BCUT2D eigenvalue weighted by molar-refractivity contribution is 5.77. The highest BCUT2D eigenvalue weighted by Crippen LogP contribution is 2.32. The van der Waals surface area contributed by atoms with E-state index in [1.54, 1.807) is 18.6 Å². The third-order valence-electron chi connectivity index (χ3n) is 3.69. The lowest BCUT2D eigenvalue weighted by molar-refractivity contribution is -0.124. The van der Waals surface area contributed by atoms with E-state index >= 15 is 0 Å². The Morgan fingerprint density at radius 2 is 2.27 bits per heavy atom. The second kappa shape index (κ2) is 6.13. The van der Waals surface area contributed by atoms with Crippen molar-refractivity contribution in [3.05, 3.63) is 42.4 Å². The Kier molecular flexibility index (Phi) is 4.04. The number of ether oxygens (including phenoxy) is 1. The minimum Gasteiger partial charge on any atom is -0.488 e. The summed E-state index contributed by atoms with van der Waals surface area (Å²) in [5.41, 5.74) is 3.02. The van der Waals surface area contributed by atoms with E-state index in [-0.39, 0.29) is 17.9 Å². The summed E-state index contributed by atoms with van der Waals surface area (Å²) in [5, 5.41) is 2.92. The van der Waals surface area contributed by atoms with Gasteiger partial charge in [0.25, 0.3) is 0 Å². The first-order valence-electron chi connectivity index (χ1n) is 7.47. The molecule has 114 valence electrons. The summed E-state index contributed by atoms with van der Waals surface area (Å²) in [6.07, 6.45) is 5.88. The Morgan fingerprint density at radius 3 is 3.00 bits per heavy atom. The fraction of sp³-hybridized carbons (Fsp3) is 0.353. The number of fused-ring (bicyclic) bond motifs is 1. The van der Waals surface area contributed by atoms with Gasteiger partial charge in [-0.1, -0.05) is 13.8 Å². The summed E-state index contributed by atoms with van der Waals surface area (Å²) in [5.74, 6) is 0.934. The molecule has 1 aromatic heterocycles. The number of amides is 1. The smallest absolute Gasteiger partial charge is 0.222 e. The molecule has 1 aliphatic rings. The number of hydrogen-bond acceptors (Lipinski definition) is 4. The zero-order valence-corrected chi connectivity index (χ0v) is 12.7. The van der Waals surface area contributed by atoms with E-state index in [2.05, 4.69) is 21.4 Å². The molecule has 2 aromatic rings. The molecule has 5 heteroatoms. The molecule has 0 bridgehead atoms. The number of hydrogen-bond donors (Lipinski definition) is 1. The SMILES string of the molecule is CC(C)C(=O)NCC1Cc2cc(-c3cnccn3)ccc2O1. The minimum atomic E-state index is -0.00737. The van der Waals surface area contributed by atoms with E-state index in [9.17, 15) is 4.79 Å². The van der Waals surface area contributed by atoms with Crippen LogP contribution in [-0.2, 0) is 11.2 Å². The average Bonchev–Trinajstić information content (AvgIpc) is 2.95. The molecular weight excluding hydrogens is 278 g/mol. The van der Waals surface area contributed by atoms with Gasteiger partial charge in [-0.15, -0.1) is 0 Å². The van der Waals surface area contributed by atoms with Crippen LogP contribution in [0.15, 0.2) is 36.8 Å². The van der Waals surface area contributed by atoms with Gasteiger partial charge in [0.2, 0.25) is 5.91 Å². The largest absolute Gasteiger partial charge is 0.488 e. The van der Waals surface area contributed by atoms with Crippen molar-refractivity contribution in [1.29, 1.82) is 0 Å². The molecule has 2 heterocycles. The molecule has 1 unspecified atom stereocenters. The molecule has 0 fully saturated rings. The van der Waals surface area contributed by atoms with E-state index < -0.39 is 0 Å². The predicted molar refractivity (Wildman–Crippen MR) is 83.4 cm³/mol. The van der Waals surface area contributed by atoms with Crippen molar-refractivity contribution in [3.63, 3.8) is 0 Å². The van der Waals surface area contributed by atoms with Crippen LogP contribution in [0, 0.1) is 5.92 Å². The van der Waals surface area contributed by atoms with Crippen LogP contribution >= 0.6 is 0 Å². The van der Waals surface area contributed by atoms with Gasteiger partial charge in [-0.25, -0.2) is 0 Å². The molecule has 0 spiro atoms. The van der Waals surface area contributed by atoms with Gasteiger partial charge in [-0.05, 0) is 23.8 Å². The first kappa shape index (κ1) is 14.5. The van der Waals surface area contributed by atoms with Crippen molar-refractivity contribution >= 4 is 5.91 Å². The van der Waals surface area contributed by atoms with Gasteiger partial charge >= 0.3 is 0 Å². The van der Waals surface area contributed by atoms with Crippen molar-refractivity contribution in [2.24, 2.45) is 5.92 Å². The van der Waals surface area contributed by atoms with E-state index in [0.29, 0.717) is 6.54 Å². The predicted octanol–water partition coefficient (Wildman–Crippen LogP) is 2.22. The second-order valence-electron chi connectivity index (χ2n) is 5.76. The molecule has 0 saturated carbocycles. The summed E-state index contributed by atoms with van der Waals surface area (Å²) in [6.45, 7) is 4.30. The fourth-order valence-electron chi connectivity index (χ4n) is 2.46. The Hall–Kier alpha value is -2.43. The van der Waals surface area contributed by atoms with Crippen LogP contribution in [0.4, 0.5) is 0 Å². The lowest BCUT2D eigenvalue weighted by Gasteiger charge is -2.13. The quantitative estimate of drug-likeness (QED) is 0.940. The van der Waals surface area contributed by atoms with E-state index in [4.69, 9.17) is 4.74 Å². The molecule has 22 heavy (non-hydrogen) atoms. The van der Waals surface area contributed by atoms with Crippen molar-refractivity contribution < 1.29 is 9.53 Å². The third-order valence-corrected chi connectivity index (χ3v) is 3.69. The summed E-state index contributed by atoms with van der Waals surface area (Å²) in [4.78, 5) is 20.0. The van der Waals surface area contributed by atoms with Crippen LogP contribution in [-0.4, -0.2) is 28.5 Å². The number of nitrogens with one attached hydrogen (secondary N) is 1. The van der Waals surface area contributed by atoms with Crippen molar-refractivity contribution in [1.82, 2.24) is 15.3 Å². The molecule has 1 N–H and O–H groups in total. The number of benzene rings is 1. The van der Waals surface area contributed by atoms with E-state index in [1.165, 1.54) is 0 Å². The number of rotatable bonds is 4. The highest BCUT2D eigenvalue weighted by Gasteiger charge is 2.24. The lowest BCUT2D eigenvalue weighted by atomic mass is 10.0. The molecule has 0 saturated heterocycles. The van der Waals surface area contributed by atoms with Gasteiger partial charge in [0, 0.05) is 30.3 Å². The van der Waals surface area contributed by atoms with Crippen LogP contribution in [0.5, 0.6) is 5.75 Å². The Balaban J connectivity index is 1.68. The van der Waals surface area contributed by atoms with Gasteiger partial charge in [-0.3, -0.25) is 14.8 Å². The van der Waals surface area contributed by atoms with Crippen LogP contribution in [0.25, 0.3) is 11.3 Å². The molecule has 3 rings (SSSR count). The van der Waals surface area contributed by atoms with Gasteiger partial charge in [0.05, 0.1) is 18.4 Å². The zero-order valence-electron chi connectivity index (χ0n) is 12.7. The van der Waals surface area contributed by atoms with Gasteiger partial charge in [0.1, 0.15) is 11.9 Å². The molecule has 1 aromatic carbocycles. The van der Waals surface area contributed by atoms with Gasteiger partial charge in [0.15, 0.2) is 0 Å². The summed E-state index contributed by atoms with van der Waals surface area (Å²) in [7, 11) is 0. The highest BCUT2D eigenvalue weighted by atomic mass is 16.5. The number of nitrogens with zero attached hydrogens (tertiary/aromatic N) is 2. The second-order valence-corrected chi connectivity index (χ2v) is 5.76. The Bertz CT molecular complexity index is 671. The Morgan fingerprint density at radius 1 is 1.41 bits per heavy atom. The summed E-state index contributed by atoms with van der Waals surface area (Å²) in [6, 6.07) is 6.03. The van der Waals surface area contributed by atoms with Gasteiger partial charge < -0.3 is 10.1 Å². The van der Waals surface area contributed by atoms with Crippen LogP contribution in [0.2, 0.25) is 0 Å². The molecular formula is C17H19N3O2. The number of aromatic nitrogens is 2. The van der Waals surface area contributed by atoms with Crippen LogP contribution in [0.1, 0.15) is 19.4 Å². The third kappa shape index (κ3) is 3.08. The first-order chi connectivity index (χ1) is 10.6. The number of carbonyl (C=O) groups excluding carboxylic acids is 1. The first-order valence-corrected chi connectivity index (χ1v) is 7.47. The summed E-state index contributed by atoms with van der Waals surface area (Å²) >= 11 is 0. The standard InChI is InChI=1S/C17H19N3O2/c1-11(2)17(21)20-9-14-8-13-7-12(3-4-16(13)22-14)15-10-18-5-6-19-15/h3-7,10-11,14H,8-9H2,1-2H3,(H,20,21). The monoisotopic (exact) mass is 297 g/mol. The number of carbonyl (C=O) groups is 1. The van der Waals surface area contributed by atoms with Crippen molar-refractivity contribution in [3.8, 4) is 17.0 Å². The van der Waals surface area contributed by atoms with E-state index in [1.807, 2.05) is 26.0 Å². The molecule has 0 radical (unpaired) electrons. The molecule has 1 amide bonds. The topological polar surface area (TPSA) is 64.1 Å².